The van der Waals surface area contributed by atoms with Crippen LogP contribution in [-0.2, 0) is 18.6 Å². The van der Waals surface area contributed by atoms with Gasteiger partial charge in [-0.1, -0.05) is 23.4 Å². The van der Waals surface area contributed by atoms with Crippen molar-refractivity contribution < 1.29 is 4.39 Å². The van der Waals surface area contributed by atoms with Gasteiger partial charge in [0.25, 0.3) is 0 Å². The summed E-state index contributed by atoms with van der Waals surface area (Å²) >= 11 is 0. The van der Waals surface area contributed by atoms with Crippen LogP contribution in [0, 0.1) is 5.82 Å². The van der Waals surface area contributed by atoms with E-state index in [1.165, 1.54) is 6.07 Å². The summed E-state index contributed by atoms with van der Waals surface area (Å²) < 4.78 is 15.2. The lowest BCUT2D eigenvalue weighted by atomic mass is 10.1. The van der Waals surface area contributed by atoms with E-state index in [-0.39, 0.29) is 11.4 Å². The summed E-state index contributed by atoms with van der Waals surface area (Å²) in [5.41, 5.74) is 1.44. The SMILES string of the molecule is CC(C)(C)n1cc(CNCc2ccccc2F)nn1. The van der Waals surface area contributed by atoms with Crippen LogP contribution in [0.5, 0.6) is 0 Å². The van der Waals surface area contributed by atoms with Crippen molar-refractivity contribution >= 4 is 0 Å². The Kier molecular flexibility index (Phi) is 3.95. The van der Waals surface area contributed by atoms with E-state index in [2.05, 4.69) is 36.4 Å². The molecule has 0 saturated carbocycles. The molecule has 0 spiro atoms. The van der Waals surface area contributed by atoms with Gasteiger partial charge < -0.3 is 5.32 Å². The number of nitrogens with one attached hydrogen (secondary N) is 1. The van der Waals surface area contributed by atoms with Crippen molar-refractivity contribution in [2.75, 3.05) is 0 Å². The van der Waals surface area contributed by atoms with E-state index in [0.717, 1.165) is 5.69 Å². The molecule has 0 aliphatic carbocycles. The summed E-state index contributed by atoms with van der Waals surface area (Å²) in [7, 11) is 0. The van der Waals surface area contributed by atoms with Crippen molar-refractivity contribution in [3.63, 3.8) is 0 Å². The van der Waals surface area contributed by atoms with Crippen LogP contribution in [0.3, 0.4) is 0 Å². The molecule has 2 rings (SSSR count). The molecule has 4 nitrogen and oxygen atoms in total. The number of aromatic nitrogens is 3. The summed E-state index contributed by atoms with van der Waals surface area (Å²) in [6.45, 7) is 7.26. The lowest BCUT2D eigenvalue weighted by molar-refractivity contribution is 0.347. The number of hydrogen-bond donors (Lipinski definition) is 1. The average molecular weight is 262 g/mol. The van der Waals surface area contributed by atoms with E-state index in [0.29, 0.717) is 18.7 Å². The summed E-state index contributed by atoms with van der Waals surface area (Å²) in [4.78, 5) is 0. The van der Waals surface area contributed by atoms with Crippen LogP contribution in [0.2, 0.25) is 0 Å². The highest BCUT2D eigenvalue weighted by molar-refractivity contribution is 5.17. The molecule has 1 N–H and O–H groups in total. The molecule has 0 amide bonds. The van der Waals surface area contributed by atoms with E-state index < -0.39 is 0 Å². The second-order valence-corrected chi connectivity index (χ2v) is 5.52. The molecule has 1 aromatic carbocycles. The zero-order valence-electron chi connectivity index (χ0n) is 11.5. The highest BCUT2D eigenvalue weighted by atomic mass is 19.1. The van der Waals surface area contributed by atoms with E-state index in [1.54, 1.807) is 12.1 Å². The van der Waals surface area contributed by atoms with Crippen molar-refractivity contribution in [2.45, 2.75) is 39.4 Å². The molecule has 0 fully saturated rings. The van der Waals surface area contributed by atoms with Gasteiger partial charge in [0.05, 0.1) is 17.4 Å². The van der Waals surface area contributed by atoms with Crippen LogP contribution in [0.4, 0.5) is 4.39 Å². The van der Waals surface area contributed by atoms with Crippen LogP contribution >= 0.6 is 0 Å². The third-order valence-electron chi connectivity index (χ3n) is 2.81. The summed E-state index contributed by atoms with van der Waals surface area (Å²) in [5, 5.41) is 11.3. The number of nitrogens with zero attached hydrogens (tertiary/aromatic N) is 3. The molecule has 1 heterocycles. The van der Waals surface area contributed by atoms with Gasteiger partial charge >= 0.3 is 0 Å². The first-order valence-electron chi connectivity index (χ1n) is 6.32. The quantitative estimate of drug-likeness (QED) is 0.920. The van der Waals surface area contributed by atoms with Crippen molar-refractivity contribution in [1.82, 2.24) is 20.3 Å². The lowest BCUT2D eigenvalue weighted by Crippen LogP contribution is -2.22. The number of benzene rings is 1. The molecule has 1 aromatic heterocycles. The van der Waals surface area contributed by atoms with Crippen LogP contribution in [-0.4, -0.2) is 15.0 Å². The number of halogens is 1. The molecule has 0 bridgehead atoms. The summed E-state index contributed by atoms with van der Waals surface area (Å²) in [6.07, 6.45) is 1.91. The molecule has 2 aromatic rings. The standard InChI is InChI=1S/C14H19FN4/c1-14(2,3)19-10-12(17-18-19)9-16-8-11-6-4-5-7-13(11)15/h4-7,10,16H,8-9H2,1-3H3. The minimum absolute atomic E-state index is 0.0726. The predicted octanol–water partition coefficient (Wildman–Crippen LogP) is 2.46. The molecule has 0 radical (unpaired) electrons. The van der Waals surface area contributed by atoms with Crippen molar-refractivity contribution in [3.05, 3.63) is 47.5 Å². The molecule has 0 aliphatic rings. The largest absolute Gasteiger partial charge is 0.307 e. The van der Waals surface area contributed by atoms with Gasteiger partial charge in [0.15, 0.2) is 0 Å². The third-order valence-corrected chi connectivity index (χ3v) is 2.81. The maximum Gasteiger partial charge on any atom is 0.127 e. The lowest BCUT2D eigenvalue weighted by Gasteiger charge is -2.17. The van der Waals surface area contributed by atoms with Gasteiger partial charge in [-0.25, -0.2) is 9.07 Å². The predicted molar refractivity (Wildman–Crippen MR) is 72.0 cm³/mol. The molecule has 5 heteroatoms. The van der Waals surface area contributed by atoms with E-state index in [9.17, 15) is 4.39 Å². The monoisotopic (exact) mass is 262 g/mol. The Balaban J connectivity index is 1.90. The number of hydrogen-bond acceptors (Lipinski definition) is 3. The van der Waals surface area contributed by atoms with Gasteiger partial charge in [-0.15, -0.1) is 5.10 Å². The highest BCUT2D eigenvalue weighted by Crippen LogP contribution is 2.11. The minimum Gasteiger partial charge on any atom is -0.307 e. The molecule has 0 saturated heterocycles. The summed E-state index contributed by atoms with van der Waals surface area (Å²) in [5.74, 6) is -0.187. The zero-order chi connectivity index (χ0) is 13.9. The maximum atomic E-state index is 13.4. The fraction of sp³-hybridized carbons (Fsp3) is 0.429. The smallest absolute Gasteiger partial charge is 0.127 e. The Morgan fingerprint density at radius 2 is 1.95 bits per heavy atom. The van der Waals surface area contributed by atoms with Crippen molar-refractivity contribution in [3.8, 4) is 0 Å². The normalized spacial score (nSPS) is 11.8. The first-order chi connectivity index (χ1) is 8.97. The molecular formula is C14H19FN4. The Morgan fingerprint density at radius 3 is 2.58 bits per heavy atom. The second kappa shape index (κ2) is 5.48. The van der Waals surface area contributed by atoms with Gasteiger partial charge in [0.2, 0.25) is 0 Å². The van der Waals surface area contributed by atoms with Gasteiger partial charge in [0, 0.05) is 18.7 Å². The Hall–Kier alpha value is -1.75. The van der Waals surface area contributed by atoms with Crippen molar-refractivity contribution in [2.24, 2.45) is 0 Å². The fourth-order valence-corrected chi connectivity index (χ4v) is 1.67. The Labute approximate surface area is 112 Å². The van der Waals surface area contributed by atoms with Crippen LogP contribution in [0.15, 0.2) is 30.5 Å². The number of rotatable bonds is 4. The average Bonchev–Trinajstić information content (AvgIpc) is 2.80. The van der Waals surface area contributed by atoms with Crippen LogP contribution in [0.1, 0.15) is 32.0 Å². The van der Waals surface area contributed by atoms with Gasteiger partial charge in [-0.05, 0) is 26.8 Å². The van der Waals surface area contributed by atoms with Crippen LogP contribution < -0.4 is 5.32 Å². The van der Waals surface area contributed by atoms with E-state index >= 15 is 0 Å². The fourth-order valence-electron chi connectivity index (χ4n) is 1.67. The summed E-state index contributed by atoms with van der Waals surface area (Å²) in [6, 6.07) is 6.75. The molecular weight excluding hydrogens is 243 g/mol. The zero-order valence-corrected chi connectivity index (χ0v) is 11.5. The second-order valence-electron chi connectivity index (χ2n) is 5.52. The Morgan fingerprint density at radius 1 is 1.21 bits per heavy atom. The minimum atomic E-state index is -0.187. The molecule has 19 heavy (non-hydrogen) atoms. The molecule has 0 atom stereocenters. The van der Waals surface area contributed by atoms with Gasteiger partial charge in [0.1, 0.15) is 5.82 Å². The Bertz CT molecular complexity index is 542. The third kappa shape index (κ3) is 3.61. The topological polar surface area (TPSA) is 42.7 Å². The van der Waals surface area contributed by atoms with Gasteiger partial charge in [-0.3, -0.25) is 0 Å². The van der Waals surface area contributed by atoms with E-state index in [4.69, 9.17) is 0 Å². The molecule has 102 valence electrons. The molecule has 0 unspecified atom stereocenters. The first-order valence-corrected chi connectivity index (χ1v) is 6.32. The van der Waals surface area contributed by atoms with E-state index in [1.807, 2.05) is 16.9 Å². The first kappa shape index (κ1) is 13.7. The van der Waals surface area contributed by atoms with Crippen LogP contribution in [0.25, 0.3) is 0 Å². The highest BCUT2D eigenvalue weighted by Gasteiger charge is 2.14. The van der Waals surface area contributed by atoms with Crippen molar-refractivity contribution in [1.29, 1.82) is 0 Å². The van der Waals surface area contributed by atoms with Gasteiger partial charge in [-0.2, -0.15) is 0 Å². The molecule has 0 aliphatic heterocycles. The maximum absolute atomic E-state index is 13.4.